The number of fused-ring (bicyclic) bond motifs is 1. The first-order chi connectivity index (χ1) is 8.10. The summed E-state index contributed by atoms with van der Waals surface area (Å²) >= 11 is 0. The first-order valence-electron chi connectivity index (χ1n) is 4.99. The van der Waals surface area contributed by atoms with E-state index in [0.29, 0.717) is 16.8 Å². The molecule has 0 aliphatic rings. The first kappa shape index (κ1) is 11.2. The molecular weight excluding hydrogens is 220 g/mol. The van der Waals surface area contributed by atoms with Gasteiger partial charge in [-0.05, 0) is 18.2 Å². The maximum absolute atomic E-state index is 11.1. The molecule has 88 valence electrons. The molecule has 0 fully saturated rings. The summed E-state index contributed by atoms with van der Waals surface area (Å²) in [5.74, 6) is -0.708. The lowest BCUT2D eigenvalue weighted by Crippen LogP contribution is -2.01. The number of carboxylic acids is 1. The van der Waals surface area contributed by atoms with Crippen LogP contribution in [-0.4, -0.2) is 28.0 Å². The average molecular weight is 232 g/mol. The Morgan fingerprint density at radius 2 is 2.29 bits per heavy atom. The van der Waals surface area contributed by atoms with Crippen molar-refractivity contribution in [3.8, 4) is 5.75 Å². The normalized spacial score (nSPS) is 10.5. The molecule has 1 heterocycles. The molecule has 5 nitrogen and oxygen atoms in total. The summed E-state index contributed by atoms with van der Waals surface area (Å²) in [5, 5.41) is 14.0. The van der Waals surface area contributed by atoms with Gasteiger partial charge < -0.3 is 9.84 Å². The number of ether oxygens (including phenoxy) is 1. The highest BCUT2D eigenvalue weighted by Gasteiger charge is 2.18. The highest BCUT2D eigenvalue weighted by molar-refractivity contribution is 6.02. The SMILES string of the molecule is C=Cc1nn(C)c2ccc(C(=O)O)c(OC)c12. The van der Waals surface area contributed by atoms with Crippen molar-refractivity contribution < 1.29 is 14.6 Å². The molecule has 17 heavy (non-hydrogen) atoms. The predicted octanol–water partition coefficient (Wildman–Crippen LogP) is 1.92. The smallest absolute Gasteiger partial charge is 0.339 e. The molecule has 5 heteroatoms. The van der Waals surface area contributed by atoms with Crippen LogP contribution in [0, 0.1) is 0 Å². The van der Waals surface area contributed by atoms with Crippen molar-refractivity contribution in [3.63, 3.8) is 0 Å². The molecule has 0 spiro atoms. The highest BCUT2D eigenvalue weighted by Crippen LogP contribution is 2.32. The quantitative estimate of drug-likeness (QED) is 0.878. The molecule has 0 saturated carbocycles. The summed E-state index contributed by atoms with van der Waals surface area (Å²) in [7, 11) is 3.23. The third kappa shape index (κ3) is 1.56. The molecule has 0 atom stereocenters. The van der Waals surface area contributed by atoms with E-state index in [1.165, 1.54) is 13.2 Å². The van der Waals surface area contributed by atoms with Crippen LogP contribution >= 0.6 is 0 Å². The molecule has 2 aromatic rings. The largest absolute Gasteiger partial charge is 0.495 e. The monoisotopic (exact) mass is 232 g/mol. The van der Waals surface area contributed by atoms with Crippen molar-refractivity contribution in [1.82, 2.24) is 9.78 Å². The van der Waals surface area contributed by atoms with Gasteiger partial charge in [0.2, 0.25) is 0 Å². The summed E-state index contributed by atoms with van der Waals surface area (Å²) < 4.78 is 6.86. The molecule has 0 aliphatic carbocycles. The average Bonchev–Trinajstić information content (AvgIpc) is 2.65. The minimum Gasteiger partial charge on any atom is -0.495 e. The molecular formula is C12H12N2O3. The number of hydrogen-bond donors (Lipinski definition) is 1. The zero-order chi connectivity index (χ0) is 12.6. The van der Waals surface area contributed by atoms with Crippen molar-refractivity contribution in [2.75, 3.05) is 7.11 Å². The molecule has 1 aromatic heterocycles. The van der Waals surface area contributed by atoms with E-state index in [1.54, 1.807) is 23.9 Å². The van der Waals surface area contributed by atoms with Crippen LogP contribution in [0.2, 0.25) is 0 Å². The summed E-state index contributed by atoms with van der Waals surface area (Å²) in [6.07, 6.45) is 1.58. The number of methoxy groups -OCH3 is 1. The van der Waals surface area contributed by atoms with Gasteiger partial charge in [-0.1, -0.05) is 6.58 Å². The van der Waals surface area contributed by atoms with Gasteiger partial charge in [0.05, 0.1) is 23.7 Å². The Balaban J connectivity index is 2.93. The van der Waals surface area contributed by atoms with Crippen LogP contribution in [-0.2, 0) is 7.05 Å². The van der Waals surface area contributed by atoms with Gasteiger partial charge in [-0.2, -0.15) is 5.10 Å². The third-order valence-electron chi connectivity index (χ3n) is 2.63. The summed E-state index contributed by atoms with van der Waals surface area (Å²) in [5.41, 5.74) is 1.54. The fraction of sp³-hybridized carbons (Fsp3) is 0.167. The van der Waals surface area contributed by atoms with E-state index in [9.17, 15) is 4.79 Å². The number of carboxylic acid groups (broad SMARTS) is 1. The van der Waals surface area contributed by atoms with Crippen LogP contribution in [0.4, 0.5) is 0 Å². The zero-order valence-corrected chi connectivity index (χ0v) is 9.60. The first-order valence-corrected chi connectivity index (χ1v) is 4.99. The number of rotatable bonds is 3. The maximum atomic E-state index is 11.1. The lowest BCUT2D eigenvalue weighted by molar-refractivity contribution is 0.0693. The molecule has 0 aliphatic heterocycles. The lowest BCUT2D eigenvalue weighted by atomic mass is 10.1. The number of nitrogens with zero attached hydrogens (tertiary/aromatic N) is 2. The van der Waals surface area contributed by atoms with E-state index >= 15 is 0 Å². The van der Waals surface area contributed by atoms with E-state index in [2.05, 4.69) is 11.7 Å². The Bertz CT molecular complexity index is 614. The molecule has 0 amide bonds. The minimum absolute atomic E-state index is 0.121. The van der Waals surface area contributed by atoms with Gasteiger partial charge >= 0.3 is 5.97 Å². The van der Waals surface area contributed by atoms with Crippen molar-refractivity contribution in [2.24, 2.45) is 7.05 Å². The van der Waals surface area contributed by atoms with Crippen LogP contribution in [0.15, 0.2) is 18.7 Å². The molecule has 2 rings (SSSR count). The Labute approximate surface area is 97.9 Å². The topological polar surface area (TPSA) is 64.4 Å². The van der Waals surface area contributed by atoms with Crippen molar-refractivity contribution in [2.45, 2.75) is 0 Å². The van der Waals surface area contributed by atoms with Gasteiger partial charge in [0.25, 0.3) is 0 Å². The summed E-state index contributed by atoms with van der Waals surface area (Å²) in [6, 6.07) is 3.22. The van der Waals surface area contributed by atoms with Crippen LogP contribution < -0.4 is 4.74 Å². The van der Waals surface area contributed by atoms with Crippen LogP contribution in [0.3, 0.4) is 0 Å². The third-order valence-corrected chi connectivity index (χ3v) is 2.63. The Kier molecular flexibility index (Phi) is 2.59. The van der Waals surface area contributed by atoms with E-state index in [4.69, 9.17) is 9.84 Å². The van der Waals surface area contributed by atoms with Crippen molar-refractivity contribution in [1.29, 1.82) is 0 Å². The van der Waals surface area contributed by atoms with E-state index < -0.39 is 5.97 Å². The van der Waals surface area contributed by atoms with E-state index in [-0.39, 0.29) is 5.56 Å². The molecule has 1 N–H and O–H groups in total. The highest BCUT2D eigenvalue weighted by atomic mass is 16.5. The summed E-state index contributed by atoms with van der Waals surface area (Å²) in [6.45, 7) is 3.67. The van der Waals surface area contributed by atoms with Crippen molar-refractivity contribution >= 4 is 22.9 Å². The van der Waals surface area contributed by atoms with Crippen LogP contribution in [0.1, 0.15) is 16.1 Å². The Morgan fingerprint density at radius 3 is 2.82 bits per heavy atom. The molecule has 0 unspecified atom stereocenters. The molecule has 0 radical (unpaired) electrons. The van der Waals surface area contributed by atoms with Gasteiger partial charge in [-0.25, -0.2) is 4.79 Å². The lowest BCUT2D eigenvalue weighted by Gasteiger charge is -2.06. The second-order valence-corrected chi connectivity index (χ2v) is 3.56. The second kappa shape index (κ2) is 3.93. The number of aromatic carboxylic acids is 1. The number of aromatic nitrogens is 2. The number of benzene rings is 1. The maximum Gasteiger partial charge on any atom is 0.339 e. The Morgan fingerprint density at radius 1 is 1.59 bits per heavy atom. The van der Waals surface area contributed by atoms with Gasteiger partial charge in [-0.3, -0.25) is 4.68 Å². The fourth-order valence-electron chi connectivity index (χ4n) is 1.88. The van der Waals surface area contributed by atoms with Crippen molar-refractivity contribution in [3.05, 3.63) is 30.0 Å². The Hall–Kier alpha value is -2.30. The van der Waals surface area contributed by atoms with E-state index in [1.807, 2.05) is 0 Å². The summed E-state index contributed by atoms with van der Waals surface area (Å²) in [4.78, 5) is 11.1. The standard InChI is InChI=1S/C12H12N2O3/c1-4-8-10-9(14(2)13-8)6-5-7(12(15)16)11(10)17-3/h4-6H,1H2,2-3H3,(H,15,16). The molecule has 0 bridgehead atoms. The van der Waals surface area contributed by atoms with Gasteiger partial charge in [0, 0.05) is 7.05 Å². The molecule has 1 aromatic carbocycles. The molecule has 0 saturated heterocycles. The zero-order valence-electron chi connectivity index (χ0n) is 9.60. The van der Waals surface area contributed by atoms with Gasteiger partial charge in [0.1, 0.15) is 11.3 Å². The van der Waals surface area contributed by atoms with Gasteiger partial charge in [0.15, 0.2) is 0 Å². The number of hydrogen-bond acceptors (Lipinski definition) is 3. The number of carbonyl (C=O) groups is 1. The van der Waals surface area contributed by atoms with E-state index in [0.717, 1.165) is 5.52 Å². The number of aryl methyl sites for hydroxylation is 1. The predicted molar refractivity (Wildman–Crippen MR) is 64.3 cm³/mol. The second-order valence-electron chi connectivity index (χ2n) is 3.56. The minimum atomic E-state index is -1.03. The van der Waals surface area contributed by atoms with Crippen LogP contribution in [0.5, 0.6) is 5.75 Å². The van der Waals surface area contributed by atoms with Gasteiger partial charge in [-0.15, -0.1) is 0 Å². The van der Waals surface area contributed by atoms with Crippen LogP contribution in [0.25, 0.3) is 17.0 Å². The fourth-order valence-corrected chi connectivity index (χ4v) is 1.88.